The third-order valence-corrected chi connectivity index (χ3v) is 4.09. The first kappa shape index (κ1) is 13.4. The van der Waals surface area contributed by atoms with Crippen LogP contribution in [0.2, 0.25) is 0 Å². The number of rotatable bonds is 6. The normalized spacial score (nSPS) is 17.9. The number of nitrogens with one attached hydrogen (secondary N) is 1. The van der Waals surface area contributed by atoms with Crippen molar-refractivity contribution in [1.29, 1.82) is 0 Å². The van der Waals surface area contributed by atoms with Gasteiger partial charge < -0.3 is 10.2 Å². The molecule has 1 N–H and O–H groups in total. The minimum Gasteiger partial charge on any atom is -0.373 e. The summed E-state index contributed by atoms with van der Waals surface area (Å²) in [5, 5.41) is 3.03. The number of carbonyl (C=O) groups excluding carboxylic acids is 1. The molecule has 4 nitrogen and oxygen atoms in total. The van der Waals surface area contributed by atoms with Crippen molar-refractivity contribution in [3.05, 3.63) is 23.4 Å². The Morgan fingerprint density at radius 2 is 1.85 bits per heavy atom. The first-order chi connectivity index (χ1) is 9.65. The van der Waals surface area contributed by atoms with Crippen molar-refractivity contribution in [1.82, 2.24) is 9.88 Å². The summed E-state index contributed by atoms with van der Waals surface area (Å²) < 4.78 is 0. The average Bonchev–Trinajstić information content (AvgIpc) is 3.31. The van der Waals surface area contributed by atoms with Crippen LogP contribution in [0.3, 0.4) is 0 Å². The van der Waals surface area contributed by atoms with E-state index in [-0.39, 0.29) is 5.91 Å². The Morgan fingerprint density at radius 3 is 2.35 bits per heavy atom. The van der Waals surface area contributed by atoms with Gasteiger partial charge in [-0.2, -0.15) is 0 Å². The lowest BCUT2D eigenvalue weighted by Gasteiger charge is -2.23. The van der Waals surface area contributed by atoms with Gasteiger partial charge in [0.25, 0.3) is 5.91 Å². The van der Waals surface area contributed by atoms with Crippen molar-refractivity contribution in [2.45, 2.75) is 32.6 Å². The van der Waals surface area contributed by atoms with Crippen molar-refractivity contribution < 1.29 is 4.79 Å². The zero-order valence-electron chi connectivity index (χ0n) is 12.4. The van der Waals surface area contributed by atoms with Crippen LogP contribution in [-0.2, 0) is 0 Å². The summed E-state index contributed by atoms with van der Waals surface area (Å²) in [6.45, 7) is 3.81. The Hall–Kier alpha value is -1.58. The highest BCUT2D eigenvalue weighted by Crippen LogP contribution is 2.34. The highest BCUT2D eigenvalue weighted by atomic mass is 16.2. The second kappa shape index (κ2) is 5.43. The van der Waals surface area contributed by atoms with E-state index in [1.807, 2.05) is 26.1 Å². The number of amides is 1. The van der Waals surface area contributed by atoms with Crippen LogP contribution in [0.25, 0.3) is 0 Å². The smallest absolute Gasteiger partial charge is 0.254 e. The molecule has 20 heavy (non-hydrogen) atoms. The van der Waals surface area contributed by atoms with Crippen LogP contribution in [0, 0.1) is 18.8 Å². The van der Waals surface area contributed by atoms with E-state index in [9.17, 15) is 4.79 Å². The maximum atomic E-state index is 12.8. The highest BCUT2D eigenvalue weighted by molar-refractivity contribution is 5.95. The van der Waals surface area contributed by atoms with Gasteiger partial charge in [-0.25, -0.2) is 4.98 Å². The molecule has 3 rings (SSSR count). The Balaban J connectivity index is 1.77. The van der Waals surface area contributed by atoms with E-state index >= 15 is 0 Å². The number of carbonyl (C=O) groups is 1. The van der Waals surface area contributed by atoms with E-state index in [0.29, 0.717) is 0 Å². The van der Waals surface area contributed by atoms with Gasteiger partial charge in [0.15, 0.2) is 0 Å². The molecule has 108 valence electrons. The van der Waals surface area contributed by atoms with Gasteiger partial charge in [-0.05, 0) is 56.6 Å². The van der Waals surface area contributed by atoms with Crippen LogP contribution in [0.15, 0.2) is 12.1 Å². The fourth-order valence-electron chi connectivity index (χ4n) is 2.57. The molecule has 1 aromatic rings. The molecule has 1 amide bonds. The number of pyridine rings is 1. The predicted octanol–water partition coefficient (Wildman–Crippen LogP) is 2.69. The van der Waals surface area contributed by atoms with E-state index in [1.54, 1.807) is 0 Å². The Labute approximate surface area is 120 Å². The number of nitrogens with zero attached hydrogens (tertiary/aromatic N) is 2. The molecule has 0 bridgehead atoms. The van der Waals surface area contributed by atoms with E-state index in [0.717, 1.165) is 42.0 Å². The summed E-state index contributed by atoms with van der Waals surface area (Å²) >= 11 is 0. The van der Waals surface area contributed by atoms with Gasteiger partial charge in [0.05, 0.1) is 0 Å². The molecule has 1 heterocycles. The molecule has 0 aliphatic heterocycles. The molecule has 2 aliphatic rings. The second-order valence-electron chi connectivity index (χ2n) is 6.23. The summed E-state index contributed by atoms with van der Waals surface area (Å²) in [5.74, 6) is 2.42. The first-order valence-corrected chi connectivity index (χ1v) is 7.61. The van der Waals surface area contributed by atoms with Crippen molar-refractivity contribution in [2.24, 2.45) is 11.8 Å². The number of hydrogen-bond donors (Lipinski definition) is 1. The van der Waals surface area contributed by atoms with Gasteiger partial charge in [0.2, 0.25) is 0 Å². The zero-order chi connectivity index (χ0) is 14.1. The van der Waals surface area contributed by atoms with Crippen LogP contribution in [0.5, 0.6) is 0 Å². The van der Waals surface area contributed by atoms with Crippen LogP contribution < -0.4 is 5.32 Å². The van der Waals surface area contributed by atoms with E-state index < -0.39 is 0 Å². The molecular weight excluding hydrogens is 250 g/mol. The fourth-order valence-corrected chi connectivity index (χ4v) is 2.57. The molecule has 2 saturated carbocycles. The van der Waals surface area contributed by atoms with E-state index in [2.05, 4.69) is 15.2 Å². The van der Waals surface area contributed by atoms with Gasteiger partial charge in [-0.3, -0.25) is 4.79 Å². The van der Waals surface area contributed by atoms with Gasteiger partial charge in [-0.1, -0.05) is 0 Å². The molecule has 0 atom stereocenters. The molecule has 0 aromatic carbocycles. The third-order valence-electron chi connectivity index (χ3n) is 4.09. The van der Waals surface area contributed by atoms with Gasteiger partial charge in [-0.15, -0.1) is 0 Å². The van der Waals surface area contributed by atoms with Gasteiger partial charge in [0.1, 0.15) is 5.82 Å². The molecule has 2 aliphatic carbocycles. The molecule has 0 spiro atoms. The topological polar surface area (TPSA) is 45.2 Å². The molecule has 0 saturated heterocycles. The SMILES string of the molecule is CNc1cc(C(=O)N(CC2CC2)CC2CC2)cc(C)n1. The number of hydrogen-bond acceptors (Lipinski definition) is 3. The molecule has 0 unspecified atom stereocenters. The lowest BCUT2D eigenvalue weighted by molar-refractivity contribution is 0.0739. The van der Waals surface area contributed by atoms with E-state index in [4.69, 9.17) is 0 Å². The minimum absolute atomic E-state index is 0.172. The van der Waals surface area contributed by atoms with Crippen molar-refractivity contribution >= 4 is 11.7 Å². The lowest BCUT2D eigenvalue weighted by Crippen LogP contribution is -2.34. The molecule has 1 aromatic heterocycles. The molecule has 4 heteroatoms. The van der Waals surface area contributed by atoms with Crippen molar-refractivity contribution in [3.63, 3.8) is 0 Å². The Morgan fingerprint density at radius 1 is 1.25 bits per heavy atom. The van der Waals surface area contributed by atoms with E-state index in [1.165, 1.54) is 25.7 Å². The summed E-state index contributed by atoms with van der Waals surface area (Å²) in [7, 11) is 1.84. The second-order valence-corrected chi connectivity index (χ2v) is 6.23. The molecular formula is C16H23N3O. The van der Waals surface area contributed by atoms with Crippen molar-refractivity contribution in [3.8, 4) is 0 Å². The third kappa shape index (κ3) is 3.30. The Kier molecular flexibility index (Phi) is 3.64. The highest BCUT2D eigenvalue weighted by Gasteiger charge is 2.32. The van der Waals surface area contributed by atoms with Crippen LogP contribution in [-0.4, -0.2) is 35.9 Å². The maximum Gasteiger partial charge on any atom is 0.254 e. The fraction of sp³-hybridized carbons (Fsp3) is 0.625. The van der Waals surface area contributed by atoms with Crippen LogP contribution in [0.4, 0.5) is 5.82 Å². The summed E-state index contributed by atoms with van der Waals surface area (Å²) in [6, 6.07) is 3.76. The monoisotopic (exact) mass is 273 g/mol. The van der Waals surface area contributed by atoms with Crippen LogP contribution in [0.1, 0.15) is 41.7 Å². The van der Waals surface area contributed by atoms with Gasteiger partial charge >= 0.3 is 0 Å². The standard InChI is InChI=1S/C16H23N3O/c1-11-7-14(8-15(17-2)18-11)16(20)19(9-12-3-4-12)10-13-5-6-13/h7-8,12-13H,3-6,9-10H2,1-2H3,(H,17,18). The quantitative estimate of drug-likeness (QED) is 0.866. The van der Waals surface area contributed by atoms with Gasteiger partial charge in [0, 0.05) is 31.4 Å². The van der Waals surface area contributed by atoms with Crippen LogP contribution >= 0.6 is 0 Å². The average molecular weight is 273 g/mol. The van der Waals surface area contributed by atoms with Crippen molar-refractivity contribution in [2.75, 3.05) is 25.5 Å². The lowest BCUT2D eigenvalue weighted by atomic mass is 10.1. The zero-order valence-corrected chi connectivity index (χ0v) is 12.4. The summed E-state index contributed by atoms with van der Waals surface area (Å²) in [6.07, 6.45) is 5.13. The molecule has 0 radical (unpaired) electrons. The summed E-state index contributed by atoms with van der Waals surface area (Å²) in [5.41, 5.74) is 1.65. The Bertz CT molecular complexity index is 492. The molecule has 2 fully saturated rings. The maximum absolute atomic E-state index is 12.8. The number of aryl methyl sites for hydroxylation is 1. The first-order valence-electron chi connectivity index (χ1n) is 7.61. The number of aromatic nitrogens is 1. The minimum atomic E-state index is 0.172. The summed E-state index contributed by atoms with van der Waals surface area (Å²) in [4.78, 5) is 19.2. The number of anilines is 1. The predicted molar refractivity (Wildman–Crippen MR) is 79.9 cm³/mol. The largest absolute Gasteiger partial charge is 0.373 e.